The summed E-state index contributed by atoms with van der Waals surface area (Å²) in [5, 5.41) is 23.9. The van der Waals surface area contributed by atoms with Crippen LogP contribution in [-0.2, 0) is 6.61 Å². The third kappa shape index (κ3) is 3.45. The van der Waals surface area contributed by atoms with Gasteiger partial charge in [-0.1, -0.05) is 36.4 Å². The zero-order valence-electron chi connectivity index (χ0n) is 19.2. The number of aliphatic hydroxyl groups is 1. The maximum Gasteiger partial charge on any atom is 0.172 e. The normalized spacial score (nSPS) is 16.6. The number of methoxy groups -OCH3 is 1. The van der Waals surface area contributed by atoms with Crippen LogP contribution in [0.15, 0.2) is 54.6 Å². The molecule has 0 amide bonds. The van der Waals surface area contributed by atoms with E-state index in [1.54, 1.807) is 19.2 Å². The van der Waals surface area contributed by atoms with Crippen LogP contribution in [0, 0.1) is 0 Å². The zero-order valence-corrected chi connectivity index (χ0v) is 19.2. The van der Waals surface area contributed by atoms with Crippen molar-refractivity contribution in [1.29, 1.82) is 0 Å². The molecule has 5 rings (SSSR count). The number of phenols is 1. The summed E-state index contributed by atoms with van der Waals surface area (Å²) in [4.78, 5) is 0. The Balaban J connectivity index is 1.84. The molecule has 2 aliphatic rings. The lowest BCUT2D eigenvalue weighted by Crippen LogP contribution is -2.32. The molecule has 0 radical (unpaired) electrons. The fourth-order valence-corrected chi connectivity index (χ4v) is 4.91. The number of ether oxygens (including phenoxy) is 2. The highest BCUT2D eigenvalue weighted by Crippen LogP contribution is 2.54. The van der Waals surface area contributed by atoms with E-state index in [0.717, 1.165) is 44.6 Å². The van der Waals surface area contributed by atoms with Crippen molar-refractivity contribution in [3.63, 3.8) is 0 Å². The van der Waals surface area contributed by atoms with Crippen molar-refractivity contribution in [3.8, 4) is 28.4 Å². The van der Waals surface area contributed by atoms with E-state index < -0.39 is 0 Å². The molecule has 0 unspecified atom stereocenters. The highest BCUT2D eigenvalue weighted by molar-refractivity contribution is 6.02. The first-order chi connectivity index (χ1) is 15.8. The average Bonchev–Trinajstić information content (AvgIpc) is 2.78. The van der Waals surface area contributed by atoms with Gasteiger partial charge in [0.1, 0.15) is 11.5 Å². The summed E-state index contributed by atoms with van der Waals surface area (Å²) < 4.78 is 12.0. The summed E-state index contributed by atoms with van der Waals surface area (Å²) in [5.41, 5.74) is 7.31. The van der Waals surface area contributed by atoms with Crippen LogP contribution in [0.25, 0.3) is 28.5 Å². The smallest absolute Gasteiger partial charge is 0.172 e. The summed E-state index contributed by atoms with van der Waals surface area (Å²) in [5.74, 6) is 1.73. The topological polar surface area (TPSA) is 71.0 Å². The number of allylic oxidation sites excluding steroid dienone is 1. The monoisotopic (exact) mass is 441 g/mol. The lowest BCUT2D eigenvalue weighted by molar-refractivity contribution is 0.281. The second-order valence-corrected chi connectivity index (χ2v) is 9.04. The van der Waals surface area contributed by atoms with Gasteiger partial charge < -0.3 is 25.0 Å². The van der Waals surface area contributed by atoms with Crippen LogP contribution in [0.3, 0.4) is 0 Å². The standard InChI is InChI=1S/C28H27NO4/c1-16-14-28(2,3)29-20-10-9-19-25(24(16)20)23(13-17-7-5-6-8-18(17)15-30)33-22-12-11-21(31)27(32-4)26(19)22/h5-14,29-31H,15H2,1-4H3/b23-13-. The molecule has 168 valence electrons. The van der Waals surface area contributed by atoms with E-state index >= 15 is 0 Å². The quantitative estimate of drug-likeness (QED) is 0.461. The van der Waals surface area contributed by atoms with Crippen LogP contribution < -0.4 is 14.8 Å². The summed E-state index contributed by atoms with van der Waals surface area (Å²) in [6.07, 6.45) is 4.18. The van der Waals surface area contributed by atoms with Crippen LogP contribution >= 0.6 is 0 Å². The van der Waals surface area contributed by atoms with Gasteiger partial charge in [0.2, 0.25) is 0 Å². The Labute approximate surface area is 193 Å². The molecule has 3 N–H and O–H groups in total. The second kappa shape index (κ2) is 7.71. The van der Waals surface area contributed by atoms with Crippen LogP contribution in [0.1, 0.15) is 43.0 Å². The Bertz CT molecular complexity index is 1330. The largest absolute Gasteiger partial charge is 0.504 e. The molecule has 0 aromatic heterocycles. The maximum absolute atomic E-state index is 10.5. The molecule has 0 saturated heterocycles. The molecule has 2 heterocycles. The van der Waals surface area contributed by atoms with Crippen molar-refractivity contribution in [2.24, 2.45) is 0 Å². The predicted octanol–water partition coefficient (Wildman–Crippen LogP) is 6.06. The van der Waals surface area contributed by atoms with Crippen LogP contribution in [0.5, 0.6) is 17.2 Å². The van der Waals surface area contributed by atoms with Crippen LogP contribution in [0.4, 0.5) is 5.69 Å². The Hall–Kier alpha value is -3.70. The molecule has 5 nitrogen and oxygen atoms in total. The van der Waals surface area contributed by atoms with Crippen molar-refractivity contribution in [2.75, 3.05) is 12.4 Å². The number of fused-ring (bicyclic) bond motifs is 5. The number of benzene rings is 3. The van der Waals surface area contributed by atoms with E-state index in [4.69, 9.17) is 9.47 Å². The van der Waals surface area contributed by atoms with E-state index in [2.05, 4.69) is 38.2 Å². The van der Waals surface area contributed by atoms with E-state index in [-0.39, 0.29) is 17.9 Å². The first kappa shape index (κ1) is 21.2. The maximum atomic E-state index is 10.5. The van der Waals surface area contributed by atoms with Crippen molar-refractivity contribution in [1.82, 2.24) is 0 Å². The Morgan fingerprint density at radius 1 is 1.03 bits per heavy atom. The average molecular weight is 442 g/mol. The van der Waals surface area contributed by atoms with Gasteiger partial charge in [-0.3, -0.25) is 0 Å². The van der Waals surface area contributed by atoms with E-state index in [1.165, 1.54) is 0 Å². The fraction of sp³-hybridized carbons (Fsp3) is 0.214. The number of hydrogen-bond acceptors (Lipinski definition) is 5. The lowest BCUT2D eigenvalue weighted by atomic mass is 9.82. The summed E-state index contributed by atoms with van der Waals surface area (Å²) in [6.45, 7) is 6.32. The summed E-state index contributed by atoms with van der Waals surface area (Å²) in [7, 11) is 1.55. The third-order valence-electron chi connectivity index (χ3n) is 6.18. The molecular formula is C28H27NO4. The van der Waals surface area contributed by atoms with Crippen molar-refractivity contribution in [3.05, 3.63) is 76.9 Å². The number of aromatic hydroxyl groups is 1. The third-order valence-corrected chi connectivity index (χ3v) is 6.18. The van der Waals surface area contributed by atoms with Gasteiger partial charge in [-0.15, -0.1) is 0 Å². The number of rotatable bonds is 3. The summed E-state index contributed by atoms with van der Waals surface area (Å²) in [6, 6.07) is 15.2. The minimum Gasteiger partial charge on any atom is -0.504 e. The van der Waals surface area contributed by atoms with Crippen molar-refractivity contribution < 1.29 is 19.7 Å². The minimum atomic E-state index is -0.178. The lowest BCUT2D eigenvalue weighted by Gasteiger charge is -2.35. The Morgan fingerprint density at radius 2 is 1.82 bits per heavy atom. The number of phenolic OH excluding ortho intramolecular Hbond substituents is 1. The first-order valence-electron chi connectivity index (χ1n) is 11.0. The number of anilines is 1. The molecule has 5 heteroatoms. The van der Waals surface area contributed by atoms with Gasteiger partial charge in [0.05, 0.1) is 24.8 Å². The van der Waals surface area contributed by atoms with Crippen molar-refractivity contribution >= 4 is 23.1 Å². The molecule has 0 spiro atoms. The van der Waals surface area contributed by atoms with Crippen LogP contribution in [-0.4, -0.2) is 22.9 Å². The predicted molar refractivity (Wildman–Crippen MR) is 132 cm³/mol. The highest BCUT2D eigenvalue weighted by atomic mass is 16.5. The number of nitrogens with one attached hydrogen (secondary N) is 1. The Morgan fingerprint density at radius 3 is 2.58 bits per heavy atom. The van der Waals surface area contributed by atoms with Gasteiger partial charge in [-0.25, -0.2) is 0 Å². The van der Waals surface area contributed by atoms with Gasteiger partial charge >= 0.3 is 0 Å². The molecule has 33 heavy (non-hydrogen) atoms. The molecule has 0 saturated carbocycles. The Kier molecular flexibility index (Phi) is 4.94. The summed E-state index contributed by atoms with van der Waals surface area (Å²) >= 11 is 0. The van der Waals surface area contributed by atoms with Gasteiger partial charge in [0.15, 0.2) is 11.5 Å². The highest BCUT2D eigenvalue weighted by Gasteiger charge is 2.33. The zero-order chi connectivity index (χ0) is 23.3. The molecule has 0 aliphatic carbocycles. The molecular weight excluding hydrogens is 414 g/mol. The number of aliphatic hydroxyl groups excluding tert-OH is 1. The van der Waals surface area contributed by atoms with E-state index in [1.807, 2.05) is 36.4 Å². The van der Waals surface area contributed by atoms with Crippen molar-refractivity contribution in [2.45, 2.75) is 32.9 Å². The fourth-order valence-electron chi connectivity index (χ4n) is 4.91. The van der Waals surface area contributed by atoms with Crippen LogP contribution in [0.2, 0.25) is 0 Å². The molecule has 0 fully saturated rings. The van der Waals surface area contributed by atoms with Gasteiger partial charge in [-0.05, 0) is 61.7 Å². The molecule has 2 aliphatic heterocycles. The van der Waals surface area contributed by atoms with E-state index in [0.29, 0.717) is 17.3 Å². The minimum absolute atomic E-state index is 0.0628. The molecule has 3 aromatic rings. The SMILES string of the molecule is COc1c(O)ccc2c1-c1ccc3c(c1/C(=C/c1ccccc1CO)O2)C(C)=CC(C)(C)N3. The molecule has 3 aromatic carbocycles. The van der Waals surface area contributed by atoms with Gasteiger partial charge in [-0.2, -0.15) is 0 Å². The second-order valence-electron chi connectivity index (χ2n) is 9.04. The van der Waals surface area contributed by atoms with Gasteiger partial charge in [0, 0.05) is 22.4 Å². The first-order valence-corrected chi connectivity index (χ1v) is 11.0. The molecule has 0 bridgehead atoms. The van der Waals surface area contributed by atoms with E-state index in [9.17, 15) is 10.2 Å². The molecule has 0 atom stereocenters. The van der Waals surface area contributed by atoms with Gasteiger partial charge in [0.25, 0.3) is 0 Å². The number of hydrogen-bond donors (Lipinski definition) is 3.